The average molecular weight is 888 g/mol. The predicted molar refractivity (Wildman–Crippen MR) is 200 cm³/mol. The molecule has 268 valence electrons. The molecule has 0 radical (unpaired) electrons. The molecule has 10 heteroatoms. The topological polar surface area (TPSA) is 78.2 Å². The molecule has 6 heterocycles. The molecule has 0 bridgehead atoms. The van der Waals surface area contributed by atoms with Gasteiger partial charge in [-0.25, -0.2) is 9.97 Å². The van der Waals surface area contributed by atoms with Gasteiger partial charge < -0.3 is 28.9 Å². The first-order valence-electron chi connectivity index (χ1n) is 17.5. The number of aryl methyl sites for hydroxylation is 2. The maximum atomic E-state index is 6.40. The SMILES string of the molecule is [Pd+2].[Pd+2].[c-]1c(Oc2[c-]c3c(cc2)c2ccc(Oc4[c-]c(-c5ccccn5)ccc4)[c-]c2n3-c2nc3c4c(n2)CCCN4CCC3)cccc1-c1ccccn1. The van der Waals surface area contributed by atoms with E-state index >= 15 is 0 Å². The minimum atomic E-state index is 0. The Morgan fingerprint density at radius 2 is 1.02 bits per heavy atom. The Hall–Kier alpha value is -5.22. The number of hydrogen-bond donors (Lipinski definition) is 0. The van der Waals surface area contributed by atoms with Gasteiger partial charge in [0, 0.05) is 48.5 Å². The summed E-state index contributed by atoms with van der Waals surface area (Å²) < 4.78 is 14.9. The van der Waals surface area contributed by atoms with Crippen LogP contribution in [0.25, 0.3) is 50.3 Å². The van der Waals surface area contributed by atoms with E-state index in [0.717, 1.165) is 94.5 Å². The first-order chi connectivity index (χ1) is 25.7. The van der Waals surface area contributed by atoms with Crippen LogP contribution in [-0.4, -0.2) is 37.6 Å². The summed E-state index contributed by atoms with van der Waals surface area (Å²) in [6.07, 6.45) is 7.55. The molecule has 0 saturated carbocycles. The number of nitrogens with zero attached hydrogens (tertiary/aromatic N) is 6. The van der Waals surface area contributed by atoms with Crippen molar-refractivity contribution in [1.82, 2.24) is 24.5 Å². The summed E-state index contributed by atoms with van der Waals surface area (Å²) >= 11 is 0. The van der Waals surface area contributed by atoms with Crippen molar-refractivity contribution in [2.24, 2.45) is 0 Å². The van der Waals surface area contributed by atoms with Crippen molar-refractivity contribution in [2.75, 3.05) is 18.0 Å². The Morgan fingerprint density at radius 1 is 0.519 bits per heavy atom. The largest absolute Gasteiger partial charge is 2.00 e. The Labute approximate surface area is 340 Å². The summed E-state index contributed by atoms with van der Waals surface area (Å²) in [4.78, 5) is 21.9. The van der Waals surface area contributed by atoms with Gasteiger partial charge in [-0.2, -0.15) is 22.9 Å². The molecule has 0 saturated heterocycles. The zero-order chi connectivity index (χ0) is 34.4. The Kier molecular flexibility index (Phi) is 10.1. The minimum absolute atomic E-state index is 0. The van der Waals surface area contributed by atoms with Crippen molar-refractivity contribution in [1.29, 1.82) is 0 Å². The number of rotatable bonds is 7. The maximum absolute atomic E-state index is 6.40. The molecule has 0 atom stereocenters. The smallest absolute Gasteiger partial charge is 0.503 e. The molecule has 2 aliphatic heterocycles. The molecular weight excluding hydrogens is 857 g/mol. The molecule has 8 nitrogen and oxygen atoms in total. The third kappa shape index (κ3) is 6.72. The molecule has 2 aliphatic rings. The number of anilines is 1. The summed E-state index contributed by atoms with van der Waals surface area (Å²) in [6.45, 7) is 2.11. The molecule has 0 spiro atoms. The van der Waals surface area contributed by atoms with Gasteiger partial charge in [-0.1, -0.05) is 47.4 Å². The van der Waals surface area contributed by atoms with Gasteiger partial charge in [-0.3, -0.25) is 0 Å². The number of fused-ring (bicyclic) bond motifs is 3. The normalized spacial score (nSPS) is 13.1. The van der Waals surface area contributed by atoms with Crippen molar-refractivity contribution in [3.05, 3.63) is 145 Å². The second-order valence-corrected chi connectivity index (χ2v) is 13.0. The summed E-state index contributed by atoms with van der Waals surface area (Å²) in [5.74, 6) is 2.85. The van der Waals surface area contributed by atoms with Crippen LogP contribution in [0.2, 0.25) is 0 Å². The van der Waals surface area contributed by atoms with Crippen LogP contribution in [0.3, 0.4) is 0 Å². The van der Waals surface area contributed by atoms with E-state index in [9.17, 15) is 0 Å². The van der Waals surface area contributed by atoms with Gasteiger partial charge in [-0.05, 0) is 49.2 Å². The van der Waals surface area contributed by atoms with E-state index in [1.54, 1.807) is 12.4 Å². The van der Waals surface area contributed by atoms with Crippen molar-refractivity contribution >= 4 is 27.5 Å². The molecule has 0 aliphatic carbocycles. The van der Waals surface area contributed by atoms with Crippen molar-refractivity contribution < 1.29 is 50.3 Å². The first-order valence-corrected chi connectivity index (χ1v) is 17.5. The van der Waals surface area contributed by atoms with E-state index in [4.69, 9.17) is 19.4 Å². The third-order valence-electron chi connectivity index (χ3n) is 9.61. The molecule has 54 heavy (non-hydrogen) atoms. The van der Waals surface area contributed by atoms with Crippen LogP contribution in [0.4, 0.5) is 5.69 Å². The van der Waals surface area contributed by atoms with Crippen LogP contribution in [0.1, 0.15) is 24.2 Å². The number of benzene rings is 4. The summed E-state index contributed by atoms with van der Waals surface area (Å²) in [5, 5.41) is 1.97. The predicted octanol–water partition coefficient (Wildman–Crippen LogP) is 9.18. The molecule has 8 aromatic rings. The van der Waals surface area contributed by atoms with Gasteiger partial charge in [0.05, 0.1) is 17.1 Å². The maximum Gasteiger partial charge on any atom is 2.00 e. The fraction of sp³-hybridized carbons (Fsp3) is 0.136. The summed E-state index contributed by atoms with van der Waals surface area (Å²) in [5.41, 5.74) is 8.36. The molecule has 0 amide bonds. The monoisotopic (exact) mass is 886 g/mol. The first kappa shape index (κ1) is 35.8. The molecular formula is C44H30N6O2Pd2. The zero-order valence-corrected chi connectivity index (χ0v) is 31.9. The molecule has 4 aromatic heterocycles. The van der Waals surface area contributed by atoms with Crippen molar-refractivity contribution in [3.63, 3.8) is 0 Å². The van der Waals surface area contributed by atoms with Gasteiger partial charge in [-0.15, -0.1) is 71.8 Å². The quantitative estimate of drug-likeness (QED) is 0.117. The number of aromatic nitrogens is 5. The van der Waals surface area contributed by atoms with E-state index < -0.39 is 0 Å². The molecule has 10 rings (SSSR count). The van der Waals surface area contributed by atoms with Crippen LogP contribution in [0, 0.1) is 24.3 Å². The molecule has 0 fully saturated rings. The van der Waals surface area contributed by atoms with Gasteiger partial charge in [0.25, 0.3) is 0 Å². The number of pyridine rings is 2. The van der Waals surface area contributed by atoms with Crippen LogP contribution < -0.4 is 14.4 Å². The van der Waals surface area contributed by atoms with E-state index in [-0.39, 0.29) is 40.8 Å². The van der Waals surface area contributed by atoms with Crippen LogP contribution >= 0.6 is 0 Å². The number of ether oxygens (including phenoxy) is 2. The fourth-order valence-corrected chi connectivity index (χ4v) is 7.30. The van der Waals surface area contributed by atoms with Crippen molar-refractivity contribution in [3.8, 4) is 51.5 Å². The average Bonchev–Trinajstić information content (AvgIpc) is 3.52. The minimum Gasteiger partial charge on any atom is -0.503 e. The molecule has 0 N–H and O–H groups in total. The van der Waals surface area contributed by atoms with E-state index in [0.29, 0.717) is 28.9 Å². The standard InChI is InChI=1S/C44H30N6O2.2Pd/c1-3-21-45-37(13-1)29-9-5-11-31(25-29)51-33-17-19-35-36-20-18-34(52-32-12-6-10-30(26-32)38-14-2-4-22-46-38)28-42(36)50(41(35)27-33)44-47-39-15-7-23-49-24-8-16-40(48-44)43(39)49;;/h1-6,9-14,17-22H,7-8,15-16,23-24H2;;/q-4;2*+2. The van der Waals surface area contributed by atoms with E-state index in [2.05, 4.69) is 55.8 Å². The van der Waals surface area contributed by atoms with Crippen LogP contribution in [0.15, 0.2) is 109 Å². The van der Waals surface area contributed by atoms with E-state index in [1.165, 1.54) is 5.69 Å². The summed E-state index contributed by atoms with van der Waals surface area (Å²) in [7, 11) is 0. The third-order valence-corrected chi connectivity index (χ3v) is 9.61. The van der Waals surface area contributed by atoms with Gasteiger partial charge in [0.2, 0.25) is 5.95 Å². The fourth-order valence-electron chi connectivity index (χ4n) is 7.30. The number of hydrogen-bond acceptors (Lipinski definition) is 7. The van der Waals surface area contributed by atoms with Crippen molar-refractivity contribution in [2.45, 2.75) is 25.7 Å². The van der Waals surface area contributed by atoms with E-state index in [1.807, 2.05) is 84.9 Å². The molecule has 0 unspecified atom stereocenters. The second kappa shape index (κ2) is 15.3. The van der Waals surface area contributed by atoms with Crippen LogP contribution in [0.5, 0.6) is 23.0 Å². The van der Waals surface area contributed by atoms with Gasteiger partial charge >= 0.3 is 40.8 Å². The van der Waals surface area contributed by atoms with Crippen LogP contribution in [-0.2, 0) is 53.7 Å². The summed E-state index contributed by atoms with van der Waals surface area (Å²) in [6, 6.07) is 45.1. The Balaban J connectivity index is 0.00000207. The van der Waals surface area contributed by atoms with Gasteiger partial charge in [0.15, 0.2) is 0 Å². The van der Waals surface area contributed by atoms with Gasteiger partial charge in [0.1, 0.15) is 0 Å². The Bertz CT molecular complexity index is 2440. The second-order valence-electron chi connectivity index (χ2n) is 13.0. The zero-order valence-electron chi connectivity index (χ0n) is 28.8. The Morgan fingerprint density at radius 3 is 1.50 bits per heavy atom. The molecule has 4 aromatic carbocycles.